The van der Waals surface area contributed by atoms with Crippen LogP contribution in [0.3, 0.4) is 0 Å². The lowest BCUT2D eigenvalue weighted by Gasteiger charge is -2.10. The molecule has 3 aromatic rings. The minimum atomic E-state index is -0.882. The van der Waals surface area contributed by atoms with E-state index in [-0.39, 0.29) is 23.4 Å². The van der Waals surface area contributed by atoms with E-state index in [1.165, 1.54) is 22.9 Å². The Kier molecular flexibility index (Phi) is 5.14. The highest BCUT2D eigenvalue weighted by atomic mass is 35.5. The Morgan fingerprint density at radius 3 is 2.46 bits per heavy atom. The van der Waals surface area contributed by atoms with Gasteiger partial charge in [-0.15, -0.1) is 0 Å². The summed E-state index contributed by atoms with van der Waals surface area (Å²) in [6.45, 7) is 0.252. The van der Waals surface area contributed by atoms with Gasteiger partial charge in [0.15, 0.2) is 0 Å². The number of rotatable bonds is 4. The third-order valence-corrected chi connectivity index (χ3v) is 3.94. The number of benzene rings is 2. The second kappa shape index (κ2) is 7.49. The van der Waals surface area contributed by atoms with Crippen LogP contribution in [0.25, 0.3) is 0 Å². The molecule has 0 radical (unpaired) electrons. The highest BCUT2D eigenvalue weighted by Gasteiger charge is 2.11. The fourth-order valence-corrected chi connectivity index (χ4v) is 2.49. The normalized spacial score (nSPS) is 10.6. The number of nitrogens with one attached hydrogen (secondary N) is 1. The molecular weight excluding hydrogens is 362 g/mol. The number of halogens is 3. The van der Waals surface area contributed by atoms with Gasteiger partial charge in [0.05, 0.1) is 17.8 Å². The molecule has 7 heteroatoms. The van der Waals surface area contributed by atoms with E-state index in [2.05, 4.69) is 5.32 Å². The third-order valence-electron chi connectivity index (χ3n) is 3.69. The largest absolute Gasteiger partial charge is 0.319 e. The smallest absolute Gasteiger partial charge is 0.257 e. The number of amides is 1. The average Bonchev–Trinajstić information content (AvgIpc) is 2.61. The van der Waals surface area contributed by atoms with Gasteiger partial charge in [-0.05, 0) is 35.9 Å². The van der Waals surface area contributed by atoms with E-state index in [1.807, 2.05) is 0 Å². The molecule has 2 aromatic carbocycles. The van der Waals surface area contributed by atoms with Gasteiger partial charge in [-0.3, -0.25) is 9.59 Å². The van der Waals surface area contributed by atoms with Gasteiger partial charge < -0.3 is 9.88 Å². The molecule has 132 valence electrons. The van der Waals surface area contributed by atoms with Gasteiger partial charge in [-0.25, -0.2) is 8.78 Å². The maximum Gasteiger partial charge on any atom is 0.257 e. The summed E-state index contributed by atoms with van der Waals surface area (Å²) in [6, 6.07) is 12.4. The predicted molar refractivity (Wildman–Crippen MR) is 95.6 cm³/mol. The molecule has 1 amide bonds. The molecule has 0 aliphatic carbocycles. The number of hydrogen-bond acceptors (Lipinski definition) is 2. The summed E-state index contributed by atoms with van der Waals surface area (Å²) in [4.78, 5) is 24.3. The maximum absolute atomic E-state index is 13.7. The first-order valence-corrected chi connectivity index (χ1v) is 8.01. The van der Waals surface area contributed by atoms with Crippen molar-refractivity contribution in [1.29, 1.82) is 0 Å². The fraction of sp³-hybridized carbons (Fsp3) is 0.0526. The molecule has 0 spiro atoms. The molecule has 0 bridgehead atoms. The van der Waals surface area contributed by atoms with Crippen molar-refractivity contribution in [3.63, 3.8) is 0 Å². The first kappa shape index (κ1) is 17.8. The Balaban J connectivity index is 1.83. The van der Waals surface area contributed by atoms with Crippen molar-refractivity contribution in [2.75, 3.05) is 5.32 Å². The SMILES string of the molecule is O=C(Nc1ccc(F)cc1F)c1ccc(=O)n(Cc2ccc(Cl)cc2)c1. The van der Waals surface area contributed by atoms with E-state index in [1.54, 1.807) is 24.3 Å². The van der Waals surface area contributed by atoms with Crippen LogP contribution in [0.5, 0.6) is 0 Å². The fourth-order valence-electron chi connectivity index (χ4n) is 2.36. The van der Waals surface area contributed by atoms with Crippen molar-refractivity contribution in [3.05, 3.63) is 98.9 Å². The quantitative estimate of drug-likeness (QED) is 0.748. The topological polar surface area (TPSA) is 51.1 Å². The van der Waals surface area contributed by atoms with Crippen molar-refractivity contribution < 1.29 is 13.6 Å². The minimum absolute atomic E-state index is 0.146. The highest BCUT2D eigenvalue weighted by Crippen LogP contribution is 2.16. The molecule has 0 aliphatic rings. The monoisotopic (exact) mass is 374 g/mol. The van der Waals surface area contributed by atoms with Crippen molar-refractivity contribution in [1.82, 2.24) is 4.57 Å². The van der Waals surface area contributed by atoms with Crippen LogP contribution in [0.1, 0.15) is 15.9 Å². The highest BCUT2D eigenvalue weighted by molar-refractivity contribution is 6.30. The van der Waals surface area contributed by atoms with Crippen LogP contribution in [0.2, 0.25) is 5.02 Å². The number of hydrogen-bond donors (Lipinski definition) is 1. The van der Waals surface area contributed by atoms with Crippen molar-refractivity contribution in [2.45, 2.75) is 6.54 Å². The molecule has 1 N–H and O–H groups in total. The summed E-state index contributed by atoms with van der Waals surface area (Å²) >= 11 is 5.84. The van der Waals surface area contributed by atoms with Crippen molar-refractivity contribution >= 4 is 23.2 Å². The average molecular weight is 375 g/mol. The second-order valence-electron chi connectivity index (χ2n) is 5.59. The Hall–Kier alpha value is -2.99. The zero-order valence-corrected chi connectivity index (χ0v) is 14.1. The number of pyridine rings is 1. The van der Waals surface area contributed by atoms with Crippen LogP contribution in [0.4, 0.5) is 14.5 Å². The predicted octanol–water partition coefficient (Wildman–Crippen LogP) is 4.08. The van der Waals surface area contributed by atoms with E-state index in [0.717, 1.165) is 17.7 Å². The van der Waals surface area contributed by atoms with Gasteiger partial charge in [0.25, 0.3) is 11.5 Å². The van der Waals surface area contributed by atoms with Crippen LogP contribution < -0.4 is 10.9 Å². The molecule has 4 nitrogen and oxygen atoms in total. The Morgan fingerprint density at radius 1 is 1.04 bits per heavy atom. The van der Waals surface area contributed by atoms with Crippen LogP contribution in [0, 0.1) is 11.6 Å². The van der Waals surface area contributed by atoms with Crippen LogP contribution in [0.15, 0.2) is 65.6 Å². The zero-order chi connectivity index (χ0) is 18.7. The van der Waals surface area contributed by atoms with Gasteiger partial charge in [-0.1, -0.05) is 23.7 Å². The van der Waals surface area contributed by atoms with Crippen molar-refractivity contribution in [2.24, 2.45) is 0 Å². The third kappa shape index (κ3) is 4.15. The minimum Gasteiger partial charge on any atom is -0.319 e. The first-order valence-electron chi connectivity index (χ1n) is 7.64. The van der Waals surface area contributed by atoms with Gasteiger partial charge >= 0.3 is 0 Å². The number of anilines is 1. The summed E-state index contributed by atoms with van der Waals surface area (Å²) in [5.41, 5.74) is 0.567. The van der Waals surface area contributed by atoms with Crippen LogP contribution in [-0.2, 0) is 6.54 Å². The standard InChI is InChI=1S/C19H13ClF2N2O2/c20-14-4-1-12(2-5-14)10-24-11-13(3-8-18(24)25)19(26)23-17-7-6-15(21)9-16(17)22/h1-9,11H,10H2,(H,23,26). The lowest BCUT2D eigenvalue weighted by atomic mass is 10.2. The lowest BCUT2D eigenvalue weighted by Crippen LogP contribution is -2.22. The molecule has 0 saturated carbocycles. The second-order valence-corrected chi connectivity index (χ2v) is 6.03. The van der Waals surface area contributed by atoms with E-state index in [9.17, 15) is 18.4 Å². The van der Waals surface area contributed by atoms with Crippen LogP contribution >= 0.6 is 11.6 Å². The molecule has 26 heavy (non-hydrogen) atoms. The van der Waals surface area contributed by atoms with Crippen LogP contribution in [-0.4, -0.2) is 10.5 Å². The van der Waals surface area contributed by atoms with Gasteiger partial charge in [-0.2, -0.15) is 0 Å². The Morgan fingerprint density at radius 2 is 1.77 bits per heavy atom. The molecule has 0 atom stereocenters. The summed E-state index contributed by atoms with van der Waals surface area (Å²) < 4.78 is 28.0. The molecule has 3 rings (SSSR count). The summed E-state index contributed by atoms with van der Waals surface area (Å²) in [7, 11) is 0. The summed E-state index contributed by atoms with van der Waals surface area (Å²) in [5, 5.41) is 2.94. The Bertz CT molecular complexity index is 1020. The molecule has 1 heterocycles. The number of nitrogens with zero attached hydrogens (tertiary/aromatic N) is 1. The van der Waals surface area contributed by atoms with Gasteiger partial charge in [0.1, 0.15) is 11.6 Å². The van der Waals surface area contributed by atoms with Gasteiger partial charge in [0.2, 0.25) is 0 Å². The van der Waals surface area contributed by atoms with E-state index >= 15 is 0 Å². The van der Waals surface area contributed by atoms with Gasteiger partial charge in [0, 0.05) is 23.4 Å². The Labute approximate surface area is 152 Å². The first-order chi connectivity index (χ1) is 12.4. The molecule has 0 aliphatic heterocycles. The summed E-state index contributed by atoms with van der Waals surface area (Å²) in [5.74, 6) is -2.23. The molecule has 1 aromatic heterocycles. The summed E-state index contributed by atoms with van der Waals surface area (Å²) in [6.07, 6.45) is 1.38. The lowest BCUT2D eigenvalue weighted by molar-refractivity contribution is 0.102. The molecule has 0 fully saturated rings. The van der Waals surface area contributed by atoms with Crippen molar-refractivity contribution in [3.8, 4) is 0 Å². The zero-order valence-electron chi connectivity index (χ0n) is 13.4. The number of carbonyl (C=O) groups excluding carboxylic acids is 1. The number of carbonyl (C=O) groups is 1. The number of aromatic nitrogens is 1. The maximum atomic E-state index is 13.7. The molecule has 0 saturated heterocycles. The van der Waals surface area contributed by atoms with E-state index in [4.69, 9.17) is 11.6 Å². The van der Waals surface area contributed by atoms with E-state index in [0.29, 0.717) is 11.1 Å². The molecular formula is C19H13ClF2N2O2. The van der Waals surface area contributed by atoms with E-state index < -0.39 is 17.5 Å². The molecule has 0 unspecified atom stereocenters.